The van der Waals surface area contributed by atoms with Gasteiger partial charge in [-0.15, -0.1) is 0 Å². The monoisotopic (exact) mass is 330 g/mol. The van der Waals surface area contributed by atoms with Crippen LogP contribution in [0.3, 0.4) is 0 Å². The average molecular weight is 331 g/mol. The summed E-state index contributed by atoms with van der Waals surface area (Å²) in [6.07, 6.45) is 4.30. The number of methoxy groups -OCH3 is 1. The summed E-state index contributed by atoms with van der Waals surface area (Å²) in [6, 6.07) is 0. The van der Waals surface area contributed by atoms with Crippen molar-refractivity contribution in [2.24, 2.45) is 0 Å². The Hall–Kier alpha value is -1.76. The lowest BCUT2D eigenvalue weighted by Crippen LogP contribution is -2.35. The summed E-state index contributed by atoms with van der Waals surface area (Å²) in [4.78, 5) is 23.9. The number of hydrogen-bond acceptors (Lipinski definition) is 5. The Balaban J connectivity index is 0.000000861. The van der Waals surface area contributed by atoms with Crippen molar-refractivity contribution in [1.82, 2.24) is 10.2 Å². The van der Waals surface area contributed by atoms with Crippen LogP contribution in [0.15, 0.2) is 34.2 Å². The Morgan fingerprint density at radius 2 is 2.05 bits per heavy atom. The molecule has 7 heteroatoms. The van der Waals surface area contributed by atoms with E-state index in [0.717, 1.165) is 0 Å². The molecule has 19 heavy (non-hydrogen) atoms. The number of carboxylic acids is 1. The molecule has 0 amide bonds. The third-order valence-corrected chi connectivity index (χ3v) is 3.01. The van der Waals surface area contributed by atoms with Gasteiger partial charge in [-0.1, -0.05) is 13.8 Å². The summed E-state index contributed by atoms with van der Waals surface area (Å²) in [5.41, 5.74) is 0.440. The summed E-state index contributed by atoms with van der Waals surface area (Å²) >= 11 is 3.24. The lowest BCUT2D eigenvalue weighted by molar-refractivity contribution is -0.136. The number of rotatable bonds is 2. The van der Waals surface area contributed by atoms with Crippen LogP contribution in [0.2, 0.25) is 0 Å². The number of carbonyl (C=O) groups is 2. The Morgan fingerprint density at radius 3 is 2.58 bits per heavy atom. The van der Waals surface area contributed by atoms with E-state index in [0.29, 0.717) is 10.1 Å². The standard InChI is InChI=1S/C10H9BrN2O4.C2H6/c1-17-10(16)5-2-8-12-7(9(14)15)4-13(8)3-6(5)11;1-2/h2-4,8,12H,1H3,(H,14,15);1-2H3. The number of halogens is 1. The van der Waals surface area contributed by atoms with E-state index in [1.807, 2.05) is 13.8 Å². The van der Waals surface area contributed by atoms with E-state index in [1.54, 1.807) is 17.2 Å². The van der Waals surface area contributed by atoms with Crippen LogP contribution in [0.1, 0.15) is 13.8 Å². The molecule has 0 aromatic rings. The van der Waals surface area contributed by atoms with E-state index >= 15 is 0 Å². The molecule has 1 unspecified atom stereocenters. The van der Waals surface area contributed by atoms with Crippen molar-refractivity contribution < 1.29 is 19.4 Å². The van der Waals surface area contributed by atoms with Crippen LogP contribution in [0.4, 0.5) is 0 Å². The number of hydrogen-bond donors (Lipinski definition) is 2. The molecule has 6 nitrogen and oxygen atoms in total. The topological polar surface area (TPSA) is 78.9 Å². The summed E-state index contributed by atoms with van der Waals surface area (Å²) in [5.74, 6) is -1.52. The number of fused-ring (bicyclic) bond motifs is 1. The van der Waals surface area contributed by atoms with E-state index in [-0.39, 0.29) is 11.9 Å². The van der Waals surface area contributed by atoms with Crippen molar-refractivity contribution in [1.29, 1.82) is 0 Å². The van der Waals surface area contributed by atoms with Gasteiger partial charge in [0.25, 0.3) is 0 Å². The highest BCUT2D eigenvalue weighted by Crippen LogP contribution is 2.28. The van der Waals surface area contributed by atoms with Crippen LogP contribution in [0, 0.1) is 0 Å². The van der Waals surface area contributed by atoms with Gasteiger partial charge in [0.15, 0.2) is 0 Å². The molecule has 0 saturated carbocycles. The maximum absolute atomic E-state index is 11.4. The second-order valence-corrected chi connectivity index (χ2v) is 4.29. The predicted octanol–water partition coefficient (Wildman–Crippen LogP) is 1.52. The van der Waals surface area contributed by atoms with Gasteiger partial charge in [0, 0.05) is 16.9 Å². The van der Waals surface area contributed by atoms with Crippen LogP contribution in [0.5, 0.6) is 0 Å². The Kier molecular flexibility index (Phi) is 5.17. The third kappa shape index (κ3) is 3.17. The van der Waals surface area contributed by atoms with Crippen molar-refractivity contribution in [2.75, 3.05) is 7.11 Å². The zero-order valence-electron chi connectivity index (χ0n) is 10.8. The fourth-order valence-corrected chi connectivity index (χ4v) is 2.11. The SMILES string of the molecule is CC.COC(=O)C1=CC2NC(C(=O)O)=CN2C=C1Br. The predicted molar refractivity (Wildman–Crippen MR) is 72.9 cm³/mol. The molecule has 0 bridgehead atoms. The minimum atomic E-state index is -1.04. The molecule has 2 rings (SSSR count). The van der Waals surface area contributed by atoms with E-state index in [9.17, 15) is 9.59 Å². The number of carbonyl (C=O) groups excluding carboxylic acids is 1. The van der Waals surface area contributed by atoms with Gasteiger partial charge in [-0.2, -0.15) is 0 Å². The van der Waals surface area contributed by atoms with Crippen molar-refractivity contribution in [2.45, 2.75) is 20.0 Å². The molecule has 2 heterocycles. The van der Waals surface area contributed by atoms with Crippen molar-refractivity contribution in [3.63, 3.8) is 0 Å². The van der Waals surface area contributed by atoms with E-state index < -0.39 is 11.9 Å². The van der Waals surface area contributed by atoms with Gasteiger partial charge in [-0.3, -0.25) is 0 Å². The largest absolute Gasteiger partial charge is 0.477 e. The van der Waals surface area contributed by atoms with Gasteiger partial charge in [0.05, 0.1) is 12.7 Å². The second-order valence-electron chi connectivity index (χ2n) is 3.43. The molecule has 0 radical (unpaired) electrons. The lowest BCUT2D eigenvalue weighted by atomic mass is 10.1. The number of carboxylic acid groups (broad SMARTS) is 1. The minimum absolute atomic E-state index is 0.0777. The maximum Gasteiger partial charge on any atom is 0.353 e. The molecule has 1 atom stereocenters. The molecule has 2 aliphatic rings. The first-order valence-electron chi connectivity index (χ1n) is 5.70. The number of nitrogens with zero attached hydrogens (tertiary/aromatic N) is 1. The Labute approximate surface area is 119 Å². The molecule has 0 spiro atoms. The minimum Gasteiger partial charge on any atom is -0.477 e. The van der Waals surface area contributed by atoms with Crippen LogP contribution in [-0.2, 0) is 14.3 Å². The zero-order valence-corrected chi connectivity index (χ0v) is 12.4. The van der Waals surface area contributed by atoms with Crippen molar-refractivity contribution in [3.05, 3.63) is 34.2 Å². The maximum atomic E-state index is 11.4. The van der Waals surface area contributed by atoms with E-state index in [4.69, 9.17) is 5.11 Å². The molecular weight excluding hydrogens is 316 g/mol. The van der Waals surface area contributed by atoms with Gasteiger partial charge < -0.3 is 20.1 Å². The molecule has 0 aromatic carbocycles. The van der Waals surface area contributed by atoms with Crippen LogP contribution in [-0.4, -0.2) is 35.2 Å². The Morgan fingerprint density at radius 1 is 1.42 bits per heavy atom. The first-order valence-corrected chi connectivity index (χ1v) is 6.49. The summed E-state index contributed by atoms with van der Waals surface area (Å²) < 4.78 is 5.17. The molecule has 2 aliphatic heterocycles. The molecule has 104 valence electrons. The molecule has 0 fully saturated rings. The summed E-state index contributed by atoms with van der Waals surface area (Å²) in [5, 5.41) is 11.6. The quantitative estimate of drug-likeness (QED) is 0.747. The number of nitrogens with one attached hydrogen (secondary N) is 1. The number of ether oxygens (including phenoxy) is 1. The normalized spacial score (nSPS) is 19.9. The Bertz CT molecular complexity index is 482. The van der Waals surface area contributed by atoms with Gasteiger partial charge >= 0.3 is 11.9 Å². The summed E-state index contributed by atoms with van der Waals surface area (Å²) in [6.45, 7) is 4.00. The molecule has 0 aliphatic carbocycles. The fraction of sp³-hybridized carbons (Fsp3) is 0.333. The molecular formula is C12H15BrN2O4. The summed E-state index contributed by atoms with van der Waals surface area (Å²) in [7, 11) is 1.29. The molecule has 2 N–H and O–H groups in total. The number of esters is 1. The van der Waals surface area contributed by atoms with Gasteiger partial charge in [0.2, 0.25) is 0 Å². The van der Waals surface area contributed by atoms with E-state index in [2.05, 4.69) is 26.0 Å². The van der Waals surface area contributed by atoms with Crippen molar-refractivity contribution >= 4 is 27.9 Å². The first kappa shape index (κ1) is 15.3. The molecule has 0 aromatic heterocycles. The smallest absolute Gasteiger partial charge is 0.353 e. The highest BCUT2D eigenvalue weighted by molar-refractivity contribution is 9.12. The van der Waals surface area contributed by atoms with Crippen LogP contribution in [0.25, 0.3) is 0 Å². The zero-order chi connectivity index (χ0) is 14.6. The van der Waals surface area contributed by atoms with Crippen molar-refractivity contribution in [3.8, 4) is 0 Å². The highest BCUT2D eigenvalue weighted by Gasteiger charge is 2.30. The second kappa shape index (κ2) is 6.42. The van der Waals surface area contributed by atoms with Crippen LogP contribution < -0.4 is 5.32 Å². The fourth-order valence-electron chi connectivity index (χ4n) is 1.58. The lowest BCUT2D eigenvalue weighted by Gasteiger charge is -2.24. The number of aliphatic carboxylic acids is 1. The third-order valence-electron chi connectivity index (χ3n) is 2.38. The average Bonchev–Trinajstić information content (AvgIpc) is 2.82. The highest BCUT2D eigenvalue weighted by atomic mass is 79.9. The first-order chi connectivity index (χ1) is 9.02. The van der Waals surface area contributed by atoms with Crippen LogP contribution >= 0.6 is 15.9 Å². The molecule has 0 saturated heterocycles. The van der Waals surface area contributed by atoms with Gasteiger partial charge in [-0.25, -0.2) is 9.59 Å². The van der Waals surface area contributed by atoms with E-state index in [1.165, 1.54) is 13.3 Å². The van der Waals surface area contributed by atoms with Gasteiger partial charge in [-0.05, 0) is 22.0 Å². The van der Waals surface area contributed by atoms with Gasteiger partial charge in [0.1, 0.15) is 11.9 Å².